The molecule has 1 aliphatic heterocycles. The summed E-state index contributed by atoms with van der Waals surface area (Å²) in [6, 6.07) is 7.93. The topological polar surface area (TPSA) is 38.7 Å². The Kier molecular flexibility index (Phi) is 5.17. The molecule has 1 aliphatic rings. The van der Waals surface area contributed by atoms with E-state index >= 15 is 0 Å². The smallest absolute Gasteiger partial charge is 0.102 e. The first-order valence-corrected chi connectivity index (χ1v) is 6.66. The molecule has 1 aromatic carbocycles. The van der Waals surface area contributed by atoms with Crippen molar-refractivity contribution in [1.82, 2.24) is 0 Å². The highest BCUT2D eigenvalue weighted by atomic mass is 16.5. The van der Waals surface area contributed by atoms with Crippen LogP contribution in [0.3, 0.4) is 0 Å². The number of hydrogen-bond acceptors (Lipinski definition) is 3. The number of rotatable bonds is 5. The maximum absolute atomic E-state index is 9.99. The Morgan fingerprint density at radius 1 is 1.28 bits per heavy atom. The molecule has 0 saturated carbocycles. The molecule has 1 saturated heterocycles. The molecule has 0 spiro atoms. The van der Waals surface area contributed by atoms with Crippen molar-refractivity contribution in [3.8, 4) is 0 Å². The molecule has 0 aromatic heterocycles. The van der Waals surface area contributed by atoms with E-state index < -0.39 is 6.10 Å². The summed E-state index contributed by atoms with van der Waals surface area (Å²) in [4.78, 5) is 0. The number of aliphatic hydroxyl groups excluding tert-OH is 1. The molecular formula is C15H22O3. The maximum atomic E-state index is 9.99. The predicted molar refractivity (Wildman–Crippen MR) is 70.5 cm³/mol. The molecule has 1 aromatic rings. The number of aryl methyl sites for hydroxylation is 1. The van der Waals surface area contributed by atoms with E-state index in [0.29, 0.717) is 12.5 Å². The minimum atomic E-state index is -0.523. The number of ether oxygens (including phenoxy) is 2. The zero-order valence-electron chi connectivity index (χ0n) is 11.0. The van der Waals surface area contributed by atoms with Gasteiger partial charge in [0.1, 0.15) is 6.10 Å². The molecular weight excluding hydrogens is 228 g/mol. The summed E-state index contributed by atoms with van der Waals surface area (Å²) in [7, 11) is 0. The molecule has 1 N–H and O–H groups in total. The van der Waals surface area contributed by atoms with Crippen molar-refractivity contribution in [2.24, 2.45) is 5.92 Å². The summed E-state index contributed by atoms with van der Waals surface area (Å²) in [6.45, 7) is 4.83. The highest BCUT2D eigenvalue weighted by Gasteiger charge is 2.15. The van der Waals surface area contributed by atoms with Crippen molar-refractivity contribution in [2.75, 3.05) is 26.4 Å². The largest absolute Gasteiger partial charge is 0.386 e. The highest BCUT2D eigenvalue weighted by molar-refractivity contribution is 5.23. The molecule has 2 rings (SSSR count). The first-order chi connectivity index (χ1) is 8.75. The lowest BCUT2D eigenvalue weighted by molar-refractivity contribution is -0.00966. The lowest BCUT2D eigenvalue weighted by Gasteiger charge is -2.22. The van der Waals surface area contributed by atoms with Crippen molar-refractivity contribution in [2.45, 2.75) is 25.9 Å². The van der Waals surface area contributed by atoms with Gasteiger partial charge in [0.25, 0.3) is 0 Å². The number of hydrogen-bond donors (Lipinski definition) is 1. The van der Waals surface area contributed by atoms with Gasteiger partial charge in [0.2, 0.25) is 0 Å². The van der Waals surface area contributed by atoms with E-state index in [9.17, 15) is 5.11 Å². The van der Waals surface area contributed by atoms with Crippen LogP contribution in [0.25, 0.3) is 0 Å². The third-order valence-electron chi connectivity index (χ3n) is 3.43. The second kappa shape index (κ2) is 6.88. The van der Waals surface area contributed by atoms with E-state index in [1.165, 1.54) is 5.56 Å². The van der Waals surface area contributed by atoms with E-state index in [4.69, 9.17) is 9.47 Å². The molecule has 100 valence electrons. The minimum absolute atomic E-state index is 0.375. The number of aliphatic hydroxyl groups is 1. The third kappa shape index (κ3) is 4.09. The van der Waals surface area contributed by atoms with Crippen LogP contribution in [0.2, 0.25) is 0 Å². The fourth-order valence-electron chi connectivity index (χ4n) is 2.14. The van der Waals surface area contributed by atoms with E-state index in [0.717, 1.165) is 38.2 Å². The molecule has 0 aliphatic carbocycles. The molecule has 1 atom stereocenters. The Bertz CT molecular complexity index is 341. The highest BCUT2D eigenvalue weighted by Crippen LogP contribution is 2.17. The van der Waals surface area contributed by atoms with Crippen LogP contribution >= 0.6 is 0 Å². The fraction of sp³-hybridized carbons (Fsp3) is 0.600. The summed E-state index contributed by atoms with van der Waals surface area (Å²) in [5.41, 5.74) is 2.13. The van der Waals surface area contributed by atoms with Crippen molar-refractivity contribution >= 4 is 0 Å². The normalized spacial score (nSPS) is 18.8. The lowest BCUT2D eigenvalue weighted by Crippen LogP contribution is -2.21. The van der Waals surface area contributed by atoms with Crippen LogP contribution in [-0.4, -0.2) is 31.5 Å². The van der Waals surface area contributed by atoms with Gasteiger partial charge in [-0.05, 0) is 31.2 Å². The van der Waals surface area contributed by atoms with Gasteiger partial charge in [0.05, 0.1) is 6.61 Å². The zero-order valence-corrected chi connectivity index (χ0v) is 11.0. The van der Waals surface area contributed by atoms with Gasteiger partial charge in [0.15, 0.2) is 0 Å². The fourth-order valence-corrected chi connectivity index (χ4v) is 2.14. The Labute approximate surface area is 109 Å². The Morgan fingerprint density at radius 3 is 2.61 bits per heavy atom. The monoisotopic (exact) mass is 250 g/mol. The van der Waals surface area contributed by atoms with Crippen LogP contribution in [0, 0.1) is 12.8 Å². The van der Waals surface area contributed by atoms with Gasteiger partial charge in [-0.15, -0.1) is 0 Å². The SMILES string of the molecule is Cc1ccc(C(O)COCC2CCOCC2)cc1. The molecule has 0 amide bonds. The van der Waals surface area contributed by atoms with Crippen molar-refractivity contribution in [3.63, 3.8) is 0 Å². The molecule has 18 heavy (non-hydrogen) atoms. The Morgan fingerprint density at radius 2 is 1.94 bits per heavy atom. The average Bonchev–Trinajstić information content (AvgIpc) is 2.40. The van der Waals surface area contributed by atoms with Crippen LogP contribution in [0.5, 0.6) is 0 Å². The molecule has 0 bridgehead atoms. The van der Waals surface area contributed by atoms with Crippen LogP contribution in [0.15, 0.2) is 24.3 Å². The average molecular weight is 250 g/mol. The molecule has 1 unspecified atom stereocenters. The third-order valence-corrected chi connectivity index (χ3v) is 3.43. The predicted octanol–water partition coefficient (Wildman–Crippen LogP) is 2.47. The van der Waals surface area contributed by atoms with Crippen molar-refractivity contribution < 1.29 is 14.6 Å². The molecule has 1 heterocycles. The van der Waals surface area contributed by atoms with E-state index in [-0.39, 0.29) is 0 Å². The Hall–Kier alpha value is -0.900. The van der Waals surface area contributed by atoms with Gasteiger partial charge in [-0.3, -0.25) is 0 Å². The molecule has 3 heteroatoms. The Balaban J connectivity index is 1.70. The van der Waals surface area contributed by atoms with Gasteiger partial charge in [-0.2, -0.15) is 0 Å². The molecule has 1 fully saturated rings. The lowest BCUT2D eigenvalue weighted by atomic mass is 10.0. The van der Waals surface area contributed by atoms with Gasteiger partial charge >= 0.3 is 0 Å². The zero-order chi connectivity index (χ0) is 12.8. The van der Waals surface area contributed by atoms with Crippen LogP contribution in [0.4, 0.5) is 0 Å². The van der Waals surface area contributed by atoms with Crippen LogP contribution < -0.4 is 0 Å². The van der Waals surface area contributed by atoms with Crippen molar-refractivity contribution in [1.29, 1.82) is 0 Å². The van der Waals surface area contributed by atoms with Gasteiger partial charge in [0, 0.05) is 19.8 Å². The second-order valence-electron chi connectivity index (χ2n) is 5.02. The quantitative estimate of drug-likeness (QED) is 0.872. The van der Waals surface area contributed by atoms with Gasteiger partial charge in [-0.25, -0.2) is 0 Å². The van der Waals surface area contributed by atoms with E-state index in [1.54, 1.807) is 0 Å². The van der Waals surface area contributed by atoms with E-state index in [1.807, 2.05) is 31.2 Å². The molecule has 3 nitrogen and oxygen atoms in total. The van der Waals surface area contributed by atoms with E-state index in [2.05, 4.69) is 0 Å². The first kappa shape index (κ1) is 13.5. The first-order valence-electron chi connectivity index (χ1n) is 6.66. The van der Waals surface area contributed by atoms with Crippen molar-refractivity contribution in [3.05, 3.63) is 35.4 Å². The summed E-state index contributed by atoms with van der Waals surface area (Å²) >= 11 is 0. The summed E-state index contributed by atoms with van der Waals surface area (Å²) in [5, 5.41) is 9.99. The van der Waals surface area contributed by atoms with Gasteiger partial charge in [-0.1, -0.05) is 29.8 Å². The van der Waals surface area contributed by atoms with Crippen LogP contribution in [-0.2, 0) is 9.47 Å². The summed E-state index contributed by atoms with van der Waals surface area (Å²) < 4.78 is 10.9. The molecule has 0 radical (unpaired) electrons. The minimum Gasteiger partial charge on any atom is -0.386 e. The summed E-state index contributed by atoms with van der Waals surface area (Å²) in [5.74, 6) is 0.587. The number of benzene rings is 1. The standard InChI is InChI=1S/C15H22O3/c1-12-2-4-14(5-3-12)15(16)11-18-10-13-6-8-17-9-7-13/h2-5,13,15-16H,6-11H2,1H3. The van der Waals surface area contributed by atoms with Crippen LogP contribution in [0.1, 0.15) is 30.1 Å². The maximum Gasteiger partial charge on any atom is 0.102 e. The summed E-state index contributed by atoms with van der Waals surface area (Å²) in [6.07, 6.45) is 1.62. The second-order valence-corrected chi connectivity index (χ2v) is 5.02. The van der Waals surface area contributed by atoms with Gasteiger partial charge < -0.3 is 14.6 Å².